The van der Waals surface area contributed by atoms with E-state index in [2.05, 4.69) is 4.90 Å². The van der Waals surface area contributed by atoms with E-state index in [1.807, 2.05) is 24.3 Å². The summed E-state index contributed by atoms with van der Waals surface area (Å²) >= 11 is 0. The first-order valence-electron chi connectivity index (χ1n) is 5.13. The number of hydrogen-bond acceptors (Lipinski definition) is 4. The van der Waals surface area contributed by atoms with Gasteiger partial charge < -0.3 is 15.2 Å². The molecule has 2 unspecified atom stereocenters. The van der Waals surface area contributed by atoms with Crippen LogP contribution in [-0.4, -0.2) is 31.0 Å². The van der Waals surface area contributed by atoms with Crippen molar-refractivity contribution in [3.05, 3.63) is 29.8 Å². The average molecular weight is 206 g/mol. The van der Waals surface area contributed by atoms with Crippen molar-refractivity contribution in [2.24, 2.45) is 0 Å². The van der Waals surface area contributed by atoms with Crippen molar-refractivity contribution in [2.45, 2.75) is 12.1 Å². The maximum atomic E-state index is 5.75. The average Bonchev–Trinajstić information content (AvgIpc) is 2.80. The quantitative estimate of drug-likeness (QED) is 0.695. The van der Waals surface area contributed by atoms with Gasteiger partial charge in [-0.05, 0) is 17.7 Å². The molecule has 0 spiro atoms. The zero-order valence-corrected chi connectivity index (χ0v) is 8.43. The van der Waals surface area contributed by atoms with E-state index < -0.39 is 0 Å². The molecule has 0 aliphatic carbocycles. The standard InChI is InChI=1S/C11H14N2O2/c12-9-3-1-8(2-4-9)11-10-5-14-6-13(10)7-15-11/h1-4,10-11H,5-7,12H2. The molecule has 0 amide bonds. The Morgan fingerprint density at radius 2 is 2.00 bits per heavy atom. The lowest BCUT2D eigenvalue weighted by Gasteiger charge is -2.16. The Labute approximate surface area is 88.6 Å². The largest absolute Gasteiger partial charge is 0.399 e. The summed E-state index contributed by atoms with van der Waals surface area (Å²) in [5, 5.41) is 0. The molecule has 0 bridgehead atoms. The summed E-state index contributed by atoms with van der Waals surface area (Å²) in [5.41, 5.74) is 7.63. The van der Waals surface area contributed by atoms with Gasteiger partial charge in [0, 0.05) is 5.69 Å². The predicted molar refractivity (Wildman–Crippen MR) is 56.0 cm³/mol. The Balaban J connectivity index is 1.85. The van der Waals surface area contributed by atoms with Crippen molar-refractivity contribution in [3.8, 4) is 0 Å². The van der Waals surface area contributed by atoms with E-state index in [1.54, 1.807) is 0 Å². The Morgan fingerprint density at radius 1 is 1.20 bits per heavy atom. The summed E-state index contributed by atoms with van der Waals surface area (Å²) in [4.78, 5) is 2.21. The topological polar surface area (TPSA) is 47.7 Å². The molecule has 0 radical (unpaired) electrons. The van der Waals surface area contributed by atoms with Crippen LogP contribution in [0.25, 0.3) is 0 Å². The normalized spacial score (nSPS) is 30.7. The van der Waals surface area contributed by atoms with Crippen molar-refractivity contribution in [2.75, 3.05) is 25.8 Å². The first-order valence-corrected chi connectivity index (χ1v) is 5.13. The number of nitrogen functional groups attached to an aromatic ring is 1. The highest BCUT2D eigenvalue weighted by Crippen LogP contribution is 2.34. The number of rotatable bonds is 1. The van der Waals surface area contributed by atoms with Crippen molar-refractivity contribution in [1.82, 2.24) is 4.90 Å². The van der Waals surface area contributed by atoms with Crippen LogP contribution in [-0.2, 0) is 9.47 Å². The molecule has 2 aliphatic heterocycles. The minimum Gasteiger partial charge on any atom is -0.399 e. The first kappa shape index (κ1) is 9.15. The van der Waals surface area contributed by atoms with Crippen LogP contribution >= 0.6 is 0 Å². The van der Waals surface area contributed by atoms with E-state index in [0.717, 1.165) is 12.3 Å². The zero-order chi connectivity index (χ0) is 10.3. The molecular formula is C11H14N2O2. The molecule has 2 heterocycles. The van der Waals surface area contributed by atoms with E-state index in [4.69, 9.17) is 15.2 Å². The molecule has 3 rings (SSSR count). The Morgan fingerprint density at radius 3 is 2.80 bits per heavy atom. The SMILES string of the molecule is Nc1ccc(C2OCN3COCC23)cc1. The molecule has 2 aliphatic rings. The fourth-order valence-corrected chi connectivity index (χ4v) is 2.19. The third-order valence-electron chi connectivity index (χ3n) is 3.05. The van der Waals surface area contributed by atoms with Crippen molar-refractivity contribution < 1.29 is 9.47 Å². The number of ether oxygens (including phenoxy) is 2. The summed E-state index contributed by atoms with van der Waals surface area (Å²) < 4.78 is 11.2. The van der Waals surface area contributed by atoms with Crippen LogP contribution in [0.3, 0.4) is 0 Å². The van der Waals surface area contributed by atoms with E-state index in [0.29, 0.717) is 19.5 Å². The van der Waals surface area contributed by atoms with Crippen LogP contribution < -0.4 is 5.73 Å². The minimum atomic E-state index is 0.132. The van der Waals surface area contributed by atoms with Crippen LogP contribution in [0.4, 0.5) is 5.69 Å². The fourth-order valence-electron chi connectivity index (χ4n) is 2.19. The van der Waals surface area contributed by atoms with Gasteiger partial charge in [0.2, 0.25) is 0 Å². The molecule has 1 aromatic carbocycles. The van der Waals surface area contributed by atoms with Crippen LogP contribution in [0.2, 0.25) is 0 Å². The fraction of sp³-hybridized carbons (Fsp3) is 0.455. The Hall–Kier alpha value is -1.10. The molecule has 2 saturated heterocycles. The van der Waals surface area contributed by atoms with Gasteiger partial charge >= 0.3 is 0 Å². The maximum absolute atomic E-state index is 5.75. The van der Waals surface area contributed by atoms with Gasteiger partial charge in [-0.3, -0.25) is 0 Å². The summed E-state index contributed by atoms with van der Waals surface area (Å²) in [6.45, 7) is 2.12. The highest BCUT2D eigenvalue weighted by Gasteiger charge is 2.39. The molecule has 2 atom stereocenters. The lowest BCUT2D eigenvalue weighted by molar-refractivity contribution is 0.0370. The number of fused-ring (bicyclic) bond motifs is 1. The first-order chi connectivity index (χ1) is 7.34. The molecule has 1 aromatic rings. The van der Waals surface area contributed by atoms with E-state index in [9.17, 15) is 0 Å². The highest BCUT2D eigenvalue weighted by atomic mass is 16.6. The van der Waals surface area contributed by atoms with Crippen molar-refractivity contribution >= 4 is 5.69 Å². The van der Waals surface area contributed by atoms with Gasteiger partial charge in [0.15, 0.2) is 0 Å². The number of hydrogen-bond donors (Lipinski definition) is 1. The lowest BCUT2D eigenvalue weighted by Crippen LogP contribution is -2.27. The third kappa shape index (κ3) is 1.51. The third-order valence-corrected chi connectivity index (χ3v) is 3.05. The molecule has 4 heteroatoms. The predicted octanol–water partition coefficient (Wildman–Crippen LogP) is 0.956. The summed E-state index contributed by atoms with van der Waals surface area (Å²) in [6, 6.07) is 8.26. The maximum Gasteiger partial charge on any atom is 0.102 e. The zero-order valence-electron chi connectivity index (χ0n) is 8.43. The molecule has 2 fully saturated rings. The van der Waals surface area contributed by atoms with Gasteiger partial charge in [0.25, 0.3) is 0 Å². The number of nitrogens with zero attached hydrogens (tertiary/aromatic N) is 1. The Bertz CT molecular complexity index is 352. The summed E-state index contributed by atoms with van der Waals surface area (Å²) in [7, 11) is 0. The molecule has 0 aromatic heterocycles. The lowest BCUT2D eigenvalue weighted by atomic mass is 10.0. The van der Waals surface area contributed by atoms with E-state index in [-0.39, 0.29) is 6.10 Å². The Kier molecular flexibility index (Phi) is 2.12. The van der Waals surface area contributed by atoms with Crippen LogP contribution in [0.1, 0.15) is 11.7 Å². The molecule has 2 N–H and O–H groups in total. The van der Waals surface area contributed by atoms with Crippen LogP contribution in [0, 0.1) is 0 Å². The van der Waals surface area contributed by atoms with Gasteiger partial charge in [-0.25, -0.2) is 4.90 Å². The van der Waals surface area contributed by atoms with Crippen LogP contribution in [0.5, 0.6) is 0 Å². The smallest absolute Gasteiger partial charge is 0.102 e. The number of benzene rings is 1. The molecule has 80 valence electrons. The molecule has 0 saturated carbocycles. The number of nitrogens with two attached hydrogens (primary N) is 1. The second kappa shape index (κ2) is 3.48. The second-order valence-electron chi connectivity index (χ2n) is 4.04. The molecule has 4 nitrogen and oxygen atoms in total. The van der Waals surface area contributed by atoms with Gasteiger partial charge in [0.1, 0.15) is 19.6 Å². The second-order valence-corrected chi connectivity index (χ2v) is 4.04. The van der Waals surface area contributed by atoms with Gasteiger partial charge in [-0.1, -0.05) is 12.1 Å². The summed E-state index contributed by atoms with van der Waals surface area (Å²) in [6.07, 6.45) is 0.132. The van der Waals surface area contributed by atoms with Crippen LogP contribution in [0.15, 0.2) is 24.3 Å². The van der Waals surface area contributed by atoms with Crippen molar-refractivity contribution in [3.63, 3.8) is 0 Å². The highest BCUT2D eigenvalue weighted by molar-refractivity contribution is 5.40. The number of anilines is 1. The van der Waals surface area contributed by atoms with Gasteiger partial charge in [-0.15, -0.1) is 0 Å². The minimum absolute atomic E-state index is 0.132. The van der Waals surface area contributed by atoms with E-state index >= 15 is 0 Å². The monoisotopic (exact) mass is 206 g/mol. The molecule has 15 heavy (non-hydrogen) atoms. The van der Waals surface area contributed by atoms with Crippen molar-refractivity contribution in [1.29, 1.82) is 0 Å². The van der Waals surface area contributed by atoms with Gasteiger partial charge in [-0.2, -0.15) is 0 Å². The van der Waals surface area contributed by atoms with Gasteiger partial charge in [0.05, 0.1) is 12.6 Å². The summed E-state index contributed by atoms with van der Waals surface area (Å²) in [5.74, 6) is 0. The van der Waals surface area contributed by atoms with E-state index in [1.165, 1.54) is 5.56 Å². The molecular weight excluding hydrogens is 192 g/mol.